The van der Waals surface area contributed by atoms with Crippen molar-refractivity contribution in [1.29, 1.82) is 5.26 Å². The van der Waals surface area contributed by atoms with Gasteiger partial charge in [0.05, 0.1) is 28.0 Å². The molecule has 1 fully saturated rings. The average Bonchev–Trinajstić information content (AvgIpc) is 2.38. The van der Waals surface area contributed by atoms with Crippen molar-refractivity contribution in [2.24, 2.45) is 11.8 Å². The van der Waals surface area contributed by atoms with Crippen LogP contribution in [0.2, 0.25) is 0 Å². The molecule has 0 amide bonds. The molecule has 0 N–H and O–H groups in total. The minimum Gasteiger partial charge on any atom is -0.254 e. The topological polar surface area (TPSA) is 40.9 Å². The molecule has 4 atom stereocenters. The summed E-state index contributed by atoms with van der Waals surface area (Å²) in [5.41, 5.74) is 1.12. The number of nitrogens with zero attached hydrogens (tertiary/aromatic N) is 1. The lowest BCUT2D eigenvalue weighted by Crippen LogP contribution is -2.31. The Morgan fingerprint density at radius 3 is 2.83 bits per heavy atom. The van der Waals surface area contributed by atoms with Crippen LogP contribution in [0.25, 0.3) is 0 Å². The zero-order valence-corrected chi connectivity index (χ0v) is 11.7. The Bertz CT molecular complexity index is 492. The molecule has 3 heteroatoms. The van der Waals surface area contributed by atoms with Gasteiger partial charge in [-0.1, -0.05) is 19.1 Å². The molecule has 96 valence electrons. The predicted octanol–water partition coefficient (Wildman–Crippen LogP) is 3.43. The highest BCUT2D eigenvalue weighted by Gasteiger charge is 2.33. The molecule has 0 spiro atoms. The van der Waals surface area contributed by atoms with Gasteiger partial charge >= 0.3 is 0 Å². The molecule has 0 aromatic heterocycles. The molecule has 1 aliphatic rings. The Morgan fingerprint density at radius 2 is 2.17 bits per heavy atom. The van der Waals surface area contributed by atoms with E-state index in [0.29, 0.717) is 5.92 Å². The fraction of sp³-hybridized carbons (Fsp3) is 0.533. The minimum atomic E-state index is -1.05. The highest BCUT2D eigenvalue weighted by molar-refractivity contribution is 7.85. The summed E-state index contributed by atoms with van der Waals surface area (Å²) in [6, 6.07) is 10.2. The number of aryl methyl sites for hydroxylation is 1. The van der Waals surface area contributed by atoms with Crippen LogP contribution in [0.15, 0.2) is 29.2 Å². The predicted molar refractivity (Wildman–Crippen MR) is 73.5 cm³/mol. The van der Waals surface area contributed by atoms with E-state index in [4.69, 9.17) is 0 Å². The largest absolute Gasteiger partial charge is 0.254 e. The van der Waals surface area contributed by atoms with Crippen molar-refractivity contribution in [1.82, 2.24) is 0 Å². The zero-order valence-electron chi connectivity index (χ0n) is 10.9. The van der Waals surface area contributed by atoms with E-state index in [0.717, 1.165) is 29.7 Å². The molecule has 0 heterocycles. The lowest BCUT2D eigenvalue weighted by Gasteiger charge is -2.30. The monoisotopic (exact) mass is 261 g/mol. The zero-order chi connectivity index (χ0) is 13.1. The van der Waals surface area contributed by atoms with Gasteiger partial charge in [-0.05, 0) is 49.8 Å². The molecule has 1 aliphatic carbocycles. The van der Waals surface area contributed by atoms with E-state index in [1.807, 2.05) is 31.2 Å². The van der Waals surface area contributed by atoms with E-state index >= 15 is 0 Å². The maximum absolute atomic E-state index is 12.6. The molecule has 0 aliphatic heterocycles. The Hall–Kier alpha value is -1.14. The minimum absolute atomic E-state index is 0.000509. The van der Waals surface area contributed by atoms with E-state index in [1.165, 1.54) is 0 Å². The SMILES string of the molecule is Cc1cccc(S(=O)C2CC(C)CCC2C#N)c1. The quantitative estimate of drug-likeness (QED) is 0.818. The van der Waals surface area contributed by atoms with Gasteiger partial charge in [0.25, 0.3) is 0 Å². The molecule has 0 radical (unpaired) electrons. The number of benzene rings is 1. The summed E-state index contributed by atoms with van der Waals surface area (Å²) in [6.07, 6.45) is 2.87. The number of hydrogen-bond acceptors (Lipinski definition) is 2. The van der Waals surface area contributed by atoms with Crippen LogP contribution >= 0.6 is 0 Å². The molecule has 0 saturated heterocycles. The normalized spacial score (nSPS) is 29.5. The molecule has 1 aromatic rings. The second kappa shape index (κ2) is 5.67. The number of hydrogen-bond donors (Lipinski definition) is 0. The molecule has 2 rings (SSSR count). The number of nitriles is 1. The first-order valence-electron chi connectivity index (χ1n) is 6.48. The smallest absolute Gasteiger partial charge is 0.0668 e. The Kier molecular flexibility index (Phi) is 4.19. The Balaban J connectivity index is 2.23. The van der Waals surface area contributed by atoms with E-state index in [9.17, 15) is 9.47 Å². The van der Waals surface area contributed by atoms with Crippen molar-refractivity contribution < 1.29 is 4.21 Å². The van der Waals surface area contributed by atoms with Gasteiger partial charge in [0, 0.05) is 4.90 Å². The summed E-state index contributed by atoms with van der Waals surface area (Å²) < 4.78 is 12.6. The highest BCUT2D eigenvalue weighted by Crippen LogP contribution is 2.33. The fourth-order valence-electron chi connectivity index (χ4n) is 2.63. The van der Waals surface area contributed by atoms with Gasteiger partial charge in [0.1, 0.15) is 0 Å². The lowest BCUT2D eigenvalue weighted by atomic mass is 9.83. The molecule has 18 heavy (non-hydrogen) atoms. The van der Waals surface area contributed by atoms with Gasteiger partial charge in [-0.25, -0.2) is 0 Å². The summed E-state index contributed by atoms with van der Waals surface area (Å²) in [4.78, 5) is 0.870. The first-order chi connectivity index (χ1) is 8.61. The van der Waals surface area contributed by atoms with Crippen LogP contribution in [0.4, 0.5) is 0 Å². The lowest BCUT2D eigenvalue weighted by molar-refractivity contribution is 0.341. The van der Waals surface area contributed by atoms with Gasteiger partial charge in [-0.3, -0.25) is 4.21 Å². The van der Waals surface area contributed by atoms with Crippen molar-refractivity contribution in [3.05, 3.63) is 29.8 Å². The third-order valence-corrected chi connectivity index (χ3v) is 5.51. The van der Waals surface area contributed by atoms with Crippen molar-refractivity contribution in [3.8, 4) is 6.07 Å². The second-order valence-electron chi connectivity index (χ2n) is 5.31. The molecule has 2 nitrogen and oxygen atoms in total. The van der Waals surface area contributed by atoms with Gasteiger partial charge in [-0.2, -0.15) is 5.26 Å². The third kappa shape index (κ3) is 2.81. The Labute approximate surface area is 111 Å². The molecule has 0 bridgehead atoms. The van der Waals surface area contributed by atoms with Gasteiger partial charge < -0.3 is 0 Å². The van der Waals surface area contributed by atoms with Crippen LogP contribution in [0, 0.1) is 30.1 Å². The van der Waals surface area contributed by atoms with E-state index in [-0.39, 0.29) is 11.2 Å². The molecule has 4 unspecified atom stereocenters. The second-order valence-corrected chi connectivity index (χ2v) is 6.98. The fourth-order valence-corrected chi connectivity index (χ4v) is 4.49. The summed E-state index contributed by atoms with van der Waals surface area (Å²) in [5, 5.41) is 9.21. The van der Waals surface area contributed by atoms with Crippen molar-refractivity contribution in [2.75, 3.05) is 0 Å². The standard InChI is InChI=1S/C15H19NOS/c1-11-4-3-5-14(8-11)18(17)15-9-12(2)6-7-13(15)10-16/h3-5,8,12-13,15H,6-7,9H2,1-2H3. The Morgan fingerprint density at radius 1 is 1.39 bits per heavy atom. The van der Waals surface area contributed by atoms with Crippen LogP contribution in [-0.4, -0.2) is 9.46 Å². The van der Waals surface area contributed by atoms with Crippen molar-refractivity contribution in [2.45, 2.75) is 43.3 Å². The van der Waals surface area contributed by atoms with Gasteiger partial charge in [0.15, 0.2) is 0 Å². The first-order valence-corrected chi connectivity index (χ1v) is 7.70. The molecular formula is C15H19NOS. The maximum Gasteiger partial charge on any atom is 0.0668 e. The molecule has 1 saturated carbocycles. The third-order valence-electron chi connectivity index (χ3n) is 3.72. The van der Waals surface area contributed by atoms with Crippen LogP contribution < -0.4 is 0 Å². The highest BCUT2D eigenvalue weighted by atomic mass is 32.2. The molecule has 1 aromatic carbocycles. The van der Waals surface area contributed by atoms with Crippen LogP contribution in [0.5, 0.6) is 0 Å². The molecular weight excluding hydrogens is 242 g/mol. The van der Waals surface area contributed by atoms with Crippen molar-refractivity contribution >= 4 is 10.8 Å². The summed E-state index contributed by atoms with van der Waals surface area (Å²) in [6.45, 7) is 4.19. The van der Waals surface area contributed by atoms with E-state index in [1.54, 1.807) is 0 Å². The van der Waals surface area contributed by atoms with Crippen LogP contribution in [0.3, 0.4) is 0 Å². The van der Waals surface area contributed by atoms with Crippen LogP contribution in [-0.2, 0) is 10.8 Å². The summed E-state index contributed by atoms with van der Waals surface area (Å²) in [5.74, 6) is 0.524. The van der Waals surface area contributed by atoms with E-state index in [2.05, 4.69) is 13.0 Å². The average molecular weight is 261 g/mol. The summed E-state index contributed by atoms with van der Waals surface area (Å²) in [7, 11) is -1.05. The van der Waals surface area contributed by atoms with E-state index < -0.39 is 10.8 Å². The van der Waals surface area contributed by atoms with Gasteiger partial charge in [0.2, 0.25) is 0 Å². The summed E-state index contributed by atoms with van der Waals surface area (Å²) >= 11 is 0. The maximum atomic E-state index is 12.6. The van der Waals surface area contributed by atoms with Crippen LogP contribution in [0.1, 0.15) is 31.7 Å². The van der Waals surface area contributed by atoms with Gasteiger partial charge in [-0.15, -0.1) is 0 Å². The first kappa shape index (κ1) is 13.3. The van der Waals surface area contributed by atoms with Crippen molar-refractivity contribution in [3.63, 3.8) is 0 Å². The number of rotatable bonds is 2.